The van der Waals surface area contributed by atoms with Gasteiger partial charge in [0.15, 0.2) is 4.77 Å². The van der Waals surface area contributed by atoms with Gasteiger partial charge in [-0.05, 0) is 58.9 Å². The van der Waals surface area contributed by atoms with Crippen molar-refractivity contribution >= 4 is 29.0 Å². The number of aromatic amines is 1. The lowest BCUT2D eigenvalue weighted by molar-refractivity contribution is -0.121. The van der Waals surface area contributed by atoms with E-state index in [0.29, 0.717) is 40.0 Å². The quantitative estimate of drug-likeness (QED) is 0.412. The van der Waals surface area contributed by atoms with Gasteiger partial charge in [0.1, 0.15) is 0 Å². The third-order valence-corrected chi connectivity index (χ3v) is 7.76. The minimum Gasteiger partial charge on any atom is -0.356 e. The fourth-order valence-corrected chi connectivity index (χ4v) is 6.19. The van der Waals surface area contributed by atoms with Gasteiger partial charge >= 0.3 is 0 Å². The number of nitrogens with one attached hydrogen (secondary N) is 2. The molecule has 0 fully saturated rings. The van der Waals surface area contributed by atoms with E-state index >= 15 is 0 Å². The molecular weight excluding hydrogens is 442 g/mol. The SMILES string of the molecule is O=C(CCn1c(=S)[nH]c2ccccc2c1=O)NCC1CC2c3ccccc3C1c1ccccc12. The molecule has 3 aromatic carbocycles. The number of H-pyrrole nitrogens is 1. The number of carbonyl (C=O) groups excluding carboxylic acids is 1. The zero-order chi connectivity index (χ0) is 23.2. The van der Waals surface area contributed by atoms with E-state index in [0.717, 1.165) is 6.42 Å². The van der Waals surface area contributed by atoms with E-state index < -0.39 is 0 Å². The molecule has 170 valence electrons. The first-order valence-electron chi connectivity index (χ1n) is 11.8. The van der Waals surface area contributed by atoms with Crippen molar-refractivity contribution in [2.24, 2.45) is 5.92 Å². The maximum atomic E-state index is 12.8. The number of amides is 1. The second-order valence-corrected chi connectivity index (χ2v) is 9.66. The summed E-state index contributed by atoms with van der Waals surface area (Å²) in [4.78, 5) is 28.7. The van der Waals surface area contributed by atoms with E-state index in [1.165, 1.54) is 26.8 Å². The first-order valence-corrected chi connectivity index (χ1v) is 12.2. The topological polar surface area (TPSA) is 66.9 Å². The first-order chi connectivity index (χ1) is 16.6. The van der Waals surface area contributed by atoms with E-state index in [1.54, 1.807) is 6.07 Å². The average Bonchev–Trinajstić information content (AvgIpc) is 2.87. The Balaban J connectivity index is 1.17. The number of carbonyl (C=O) groups is 1. The van der Waals surface area contributed by atoms with E-state index in [2.05, 4.69) is 58.8 Å². The Morgan fingerprint density at radius 1 is 0.941 bits per heavy atom. The van der Waals surface area contributed by atoms with Crippen molar-refractivity contribution in [2.45, 2.75) is 31.2 Å². The van der Waals surface area contributed by atoms with Crippen LogP contribution >= 0.6 is 12.2 Å². The van der Waals surface area contributed by atoms with E-state index in [4.69, 9.17) is 12.2 Å². The molecule has 34 heavy (non-hydrogen) atoms. The van der Waals surface area contributed by atoms with Crippen molar-refractivity contribution in [1.82, 2.24) is 14.9 Å². The molecule has 1 heterocycles. The molecule has 3 aliphatic carbocycles. The molecule has 0 spiro atoms. The highest BCUT2D eigenvalue weighted by molar-refractivity contribution is 7.71. The fraction of sp³-hybridized carbons (Fsp3) is 0.250. The van der Waals surface area contributed by atoms with Gasteiger partial charge in [0, 0.05) is 31.3 Å². The lowest BCUT2D eigenvalue weighted by Crippen LogP contribution is -2.39. The molecule has 6 heteroatoms. The molecular formula is C28H25N3O2S. The van der Waals surface area contributed by atoms with Crippen molar-refractivity contribution in [3.05, 3.63) is 110 Å². The Hall–Kier alpha value is -3.51. The molecule has 0 aliphatic heterocycles. The van der Waals surface area contributed by atoms with Crippen LogP contribution in [0.25, 0.3) is 10.9 Å². The summed E-state index contributed by atoms with van der Waals surface area (Å²) in [7, 11) is 0. The molecule has 0 saturated carbocycles. The Kier molecular flexibility index (Phi) is 5.18. The highest BCUT2D eigenvalue weighted by atomic mass is 32.1. The number of aromatic nitrogens is 2. The first kappa shape index (κ1) is 21.1. The molecule has 4 aromatic rings. The number of benzene rings is 3. The number of nitrogens with zero attached hydrogens (tertiary/aromatic N) is 1. The Bertz CT molecular complexity index is 1490. The maximum absolute atomic E-state index is 12.8. The third kappa shape index (κ3) is 3.41. The summed E-state index contributed by atoms with van der Waals surface area (Å²) in [5, 5.41) is 3.72. The molecule has 1 aromatic heterocycles. The summed E-state index contributed by atoms with van der Waals surface area (Å²) >= 11 is 5.37. The van der Waals surface area contributed by atoms with Gasteiger partial charge in [0.25, 0.3) is 5.56 Å². The zero-order valence-corrected chi connectivity index (χ0v) is 19.5. The van der Waals surface area contributed by atoms with Crippen LogP contribution < -0.4 is 10.9 Å². The van der Waals surface area contributed by atoms with Gasteiger partial charge in [0.2, 0.25) is 5.91 Å². The fourth-order valence-electron chi connectivity index (χ4n) is 5.91. The highest BCUT2D eigenvalue weighted by Crippen LogP contribution is 2.55. The predicted octanol–water partition coefficient (Wildman–Crippen LogP) is 4.86. The third-order valence-electron chi connectivity index (χ3n) is 7.44. The van der Waals surface area contributed by atoms with Crippen molar-refractivity contribution in [3.8, 4) is 0 Å². The van der Waals surface area contributed by atoms with Crippen LogP contribution in [-0.2, 0) is 11.3 Å². The van der Waals surface area contributed by atoms with Crippen molar-refractivity contribution in [3.63, 3.8) is 0 Å². The molecule has 1 unspecified atom stereocenters. The van der Waals surface area contributed by atoms with Crippen LogP contribution in [0.1, 0.15) is 46.9 Å². The lowest BCUT2D eigenvalue weighted by Gasteiger charge is -2.45. The van der Waals surface area contributed by atoms with Crippen LogP contribution in [0.5, 0.6) is 0 Å². The molecule has 0 saturated heterocycles. The van der Waals surface area contributed by atoms with Gasteiger partial charge in [0.05, 0.1) is 10.9 Å². The standard InChI is InChI=1S/C28H25N3O2S/c32-25(13-14-31-27(33)22-11-5-6-12-24(22)30-28(31)34)29-16-17-15-23-18-7-1-3-9-20(18)26(17)21-10-4-2-8-19(21)23/h1-12,17,23,26H,13-16H2,(H,29,32)(H,30,34). The molecule has 7 rings (SSSR count). The number of para-hydroxylation sites is 1. The van der Waals surface area contributed by atoms with E-state index in [-0.39, 0.29) is 24.4 Å². The number of hydrogen-bond acceptors (Lipinski definition) is 3. The smallest absolute Gasteiger partial charge is 0.262 e. The number of fused-ring (bicyclic) bond motifs is 2. The van der Waals surface area contributed by atoms with Crippen LogP contribution in [0.2, 0.25) is 0 Å². The largest absolute Gasteiger partial charge is 0.356 e. The van der Waals surface area contributed by atoms with Crippen LogP contribution in [0.15, 0.2) is 77.6 Å². The van der Waals surface area contributed by atoms with Gasteiger partial charge in [-0.25, -0.2) is 0 Å². The molecule has 1 amide bonds. The second-order valence-electron chi connectivity index (χ2n) is 9.27. The van der Waals surface area contributed by atoms with Crippen LogP contribution in [0, 0.1) is 10.7 Å². The minimum atomic E-state index is -0.162. The van der Waals surface area contributed by atoms with Crippen molar-refractivity contribution in [2.75, 3.05) is 6.54 Å². The monoisotopic (exact) mass is 467 g/mol. The summed E-state index contributed by atoms with van der Waals surface area (Å²) in [6.07, 6.45) is 1.25. The van der Waals surface area contributed by atoms with Crippen LogP contribution in [0.4, 0.5) is 0 Å². The molecule has 2 N–H and O–H groups in total. The molecule has 3 aliphatic rings. The Morgan fingerprint density at radius 2 is 1.56 bits per heavy atom. The molecule has 2 bridgehead atoms. The number of hydrogen-bond donors (Lipinski definition) is 2. The summed E-state index contributed by atoms with van der Waals surface area (Å²) < 4.78 is 1.82. The molecule has 5 nitrogen and oxygen atoms in total. The highest BCUT2D eigenvalue weighted by Gasteiger charge is 2.42. The minimum absolute atomic E-state index is 0.0579. The van der Waals surface area contributed by atoms with Crippen LogP contribution in [0.3, 0.4) is 0 Å². The zero-order valence-electron chi connectivity index (χ0n) is 18.7. The van der Waals surface area contributed by atoms with Crippen molar-refractivity contribution in [1.29, 1.82) is 0 Å². The van der Waals surface area contributed by atoms with Crippen molar-refractivity contribution < 1.29 is 4.79 Å². The normalized spacial score (nSPS) is 20.1. The average molecular weight is 468 g/mol. The Morgan fingerprint density at radius 3 is 2.26 bits per heavy atom. The summed E-state index contributed by atoms with van der Waals surface area (Å²) in [5.41, 5.74) is 6.20. The summed E-state index contributed by atoms with van der Waals surface area (Å²) in [6, 6.07) is 24.7. The summed E-state index contributed by atoms with van der Waals surface area (Å²) in [6.45, 7) is 0.884. The van der Waals surface area contributed by atoms with Gasteiger partial charge < -0.3 is 10.3 Å². The maximum Gasteiger partial charge on any atom is 0.262 e. The van der Waals surface area contributed by atoms with E-state index in [9.17, 15) is 9.59 Å². The van der Waals surface area contributed by atoms with Gasteiger partial charge in [-0.1, -0.05) is 60.7 Å². The number of rotatable bonds is 5. The van der Waals surface area contributed by atoms with Gasteiger partial charge in [-0.2, -0.15) is 0 Å². The molecule has 1 atom stereocenters. The van der Waals surface area contributed by atoms with Gasteiger partial charge in [-0.15, -0.1) is 0 Å². The van der Waals surface area contributed by atoms with Gasteiger partial charge in [-0.3, -0.25) is 14.2 Å². The predicted molar refractivity (Wildman–Crippen MR) is 136 cm³/mol. The van der Waals surface area contributed by atoms with E-state index in [1.807, 2.05) is 18.2 Å². The Labute approximate surface area is 202 Å². The van der Waals surface area contributed by atoms with Crippen LogP contribution in [-0.4, -0.2) is 22.0 Å². The second kappa shape index (κ2) is 8.37. The lowest BCUT2D eigenvalue weighted by atomic mass is 9.59. The summed E-state index contributed by atoms with van der Waals surface area (Å²) in [5.74, 6) is 0.978. The molecule has 0 radical (unpaired) electrons.